The number of hydrogen-bond acceptors (Lipinski definition) is 11. The number of hydrogen-bond donors (Lipinski definition) is 1. The number of rotatable bonds is 26. The van der Waals surface area contributed by atoms with E-state index in [1.54, 1.807) is 7.11 Å². The molecule has 57 heavy (non-hydrogen) atoms. The summed E-state index contributed by atoms with van der Waals surface area (Å²) >= 11 is 0. The van der Waals surface area contributed by atoms with Gasteiger partial charge < -0.3 is 38.3 Å². The van der Waals surface area contributed by atoms with Gasteiger partial charge in [-0.15, -0.1) is 0 Å². The zero-order valence-corrected chi connectivity index (χ0v) is 34.9. The Balaban J connectivity index is 2.02. The Morgan fingerprint density at radius 2 is 1.56 bits per heavy atom. The van der Waals surface area contributed by atoms with E-state index in [2.05, 4.69) is 6.92 Å². The van der Waals surface area contributed by atoms with E-state index in [0.29, 0.717) is 25.0 Å². The fraction of sp³-hybridized carbons (Fsp3) is 0.600. The zero-order valence-electron chi connectivity index (χ0n) is 34.9. The van der Waals surface area contributed by atoms with E-state index in [1.165, 1.54) is 20.3 Å². The summed E-state index contributed by atoms with van der Waals surface area (Å²) < 4.78 is 42.5. The molecule has 12 heteroatoms. The van der Waals surface area contributed by atoms with Crippen LogP contribution in [0, 0.1) is 11.3 Å². The number of benzene rings is 2. The van der Waals surface area contributed by atoms with Crippen molar-refractivity contribution >= 4 is 23.7 Å². The van der Waals surface area contributed by atoms with Crippen LogP contribution in [-0.2, 0) is 60.8 Å². The first kappa shape index (κ1) is 47.3. The van der Waals surface area contributed by atoms with E-state index in [4.69, 9.17) is 38.3 Å². The number of unbranched alkanes of at least 4 members (excludes halogenated alkanes) is 4. The van der Waals surface area contributed by atoms with Gasteiger partial charge in [-0.2, -0.15) is 0 Å². The second kappa shape index (κ2) is 24.0. The number of methoxy groups -OCH3 is 3. The molecule has 1 aliphatic rings. The first-order chi connectivity index (χ1) is 27.3. The van der Waals surface area contributed by atoms with Crippen molar-refractivity contribution in [2.45, 2.75) is 136 Å². The van der Waals surface area contributed by atoms with Crippen LogP contribution in [0.25, 0.3) is 0 Å². The molecule has 3 rings (SSSR count). The minimum Gasteiger partial charge on any atom is -0.497 e. The van der Waals surface area contributed by atoms with Gasteiger partial charge in [-0.05, 0) is 43.0 Å². The lowest BCUT2D eigenvalue weighted by Gasteiger charge is -2.54. The Bertz CT molecular complexity index is 1570. The molecule has 0 aliphatic carbocycles. The van der Waals surface area contributed by atoms with Crippen LogP contribution in [0.5, 0.6) is 5.75 Å². The van der Waals surface area contributed by atoms with E-state index in [1.807, 2.05) is 75.4 Å². The fourth-order valence-corrected chi connectivity index (χ4v) is 7.27. The maximum absolute atomic E-state index is 13.7. The van der Waals surface area contributed by atoms with Gasteiger partial charge in [-0.1, -0.05) is 94.5 Å². The molecule has 1 saturated heterocycles. The number of ether oxygens (including phenoxy) is 7. The number of aliphatic carboxylic acids is 1. The number of Topliss-reactive ketones (excluding diaryl/α,β-unsaturated/α-hetero) is 1. The number of carbonyl (C=O) groups is 4. The predicted molar refractivity (Wildman–Crippen MR) is 214 cm³/mol. The van der Waals surface area contributed by atoms with Gasteiger partial charge in [-0.25, -0.2) is 4.79 Å². The number of ketones is 1. The van der Waals surface area contributed by atoms with Crippen LogP contribution >= 0.6 is 0 Å². The van der Waals surface area contributed by atoms with Crippen LogP contribution in [0.1, 0.15) is 109 Å². The molecule has 0 aromatic heterocycles. The minimum absolute atomic E-state index is 0.00590. The lowest BCUT2D eigenvalue weighted by molar-refractivity contribution is -0.341. The Morgan fingerprint density at radius 3 is 2.19 bits per heavy atom. The van der Waals surface area contributed by atoms with Crippen molar-refractivity contribution in [3.05, 3.63) is 77.4 Å². The maximum atomic E-state index is 13.7. The molecule has 0 amide bonds. The third kappa shape index (κ3) is 15.0. The standard InChI is InChI=1S/C45H64O12/c1-8-9-10-11-15-18-36(46)27-39-35(26-43(50)52-6)25-38(57-45(39,53-7)44(3,4)31-56-42(49)24-23-41(47)48)28-40(32(2)54-29-33-16-13-12-14-17-33)55-30-34-19-21-37(51-5)22-20-34/h12-14,16-17,19-22,26,32,38-40H,8-11,15,18,23-25,27-31H2,1-7H3,(H,47,48)/b35-26+/t32-,38-,39-,40-,45+/m0/s1. The summed E-state index contributed by atoms with van der Waals surface area (Å²) in [5, 5.41) is 9.13. The van der Waals surface area contributed by atoms with Crippen LogP contribution in [0.4, 0.5) is 0 Å². The summed E-state index contributed by atoms with van der Waals surface area (Å²) in [6, 6.07) is 17.4. The second-order valence-corrected chi connectivity index (χ2v) is 15.4. The van der Waals surface area contributed by atoms with Gasteiger partial charge in [-0.3, -0.25) is 14.4 Å². The number of esters is 2. The number of carbonyl (C=O) groups excluding carboxylic acids is 3. The second-order valence-electron chi connectivity index (χ2n) is 15.4. The molecule has 0 unspecified atom stereocenters. The highest BCUT2D eigenvalue weighted by Gasteiger charge is 2.58. The average Bonchev–Trinajstić information content (AvgIpc) is 3.20. The molecular formula is C45H64O12. The summed E-state index contributed by atoms with van der Waals surface area (Å²) in [7, 11) is 4.39. The van der Waals surface area contributed by atoms with Gasteiger partial charge in [0.25, 0.3) is 0 Å². The molecule has 2 aromatic carbocycles. The average molecular weight is 797 g/mol. The number of carboxylic acid groups (broad SMARTS) is 1. The van der Waals surface area contributed by atoms with E-state index < -0.39 is 53.3 Å². The molecule has 0 radical (unpaired) electrons. The number of carboxylic acids is 1. The van der Waals surface area contributed by atoms with Crippen LogP contribution in [-0.4, -0.2) is 80.8 Å². The molecule has 1 fully saturated rings. The molecule has 0 bridgehead atoms. The SMILES string of the molecule is CCCCCCCC(=O)C[C@H]1/C(=C/C(=O)OC)C[C@@H](C[C@H](OCc2ccc(OC)cc2)[C@H](C)OCc2ccccc2)O[C@@]1(OC)C(C)(C)COC(=O)CCC(=O)O. The lowest BCUT2D eigenvalue weighted by atomic mass is 9.68. The van der Waals surface area contributed by atoms with Crippen LogP contribution in [0.15, 0.2) is 66.2 Å². The zero-order chi connectivity index (χ0) is 41.8. The van der Waals surface area contributed by atoms with Crippen LogP contribution in [0.2, 0.25) is 0 Å². The highest BCUT2D eigenvalue weighted by molar-refractivity contribution is 5.84. The third-order valence-electron chi connectivity index (χ3n) is 10.6. The first-order valence-electron chi connectivity index (χ1n) is 20.1. The Morgan fingerprint density at radius 1 is 0.895 bits per heavy atom. The highest BCUT2D eigenvalue weighted by atomic mass is 16.7. The van der Waals surface area contributed by atoms with E-state index in [9.17, 15) is 19.2 Å². The molecule has 1 N–H and O–H groups in total. The van der Waals surface area contributed by atoms with Crippen LogP contribution in [0.3, 0.4) is 0 Å². The summed E-state index contributed by atoms with van der Waals surface area (Å²) in [4.78, 5) is 50.6. The first-order valence-corrected chi connectivity index (χ1v) is 20.1. The molecule has 1 aliphatic heterocycles. The van der Waals surface area contributed by atoms with Gasteiger partial charge in [0, 0.05) is 38.4 Å². The van der Waals surface area contributed by atoms with E-state index in [-0.39, 0.29) is 44.7 Å². The van der Waals surface area contributed by atoms with Crippen molar-refractivity contribution < 1.29 is 57.4 Å². The van der Waals surface area contributed by atoms with Crippen molar-refractivity contribution in [2.75, 3.05) is 27.9 Å². The molecule has 0 saturated carbocycles. The van der Waals surface area contributed by atoms with Crippen molar-refractivity contribution in [3.8, 4) is 5.75 Å². The molecular weight excluding hydrogens is 732 g/mol. The molecule has 0 spiro atoms. The minimum atomic E-state index is -1.59. The van der Waals surface area contributed by atoms with Gasteiger partial charge in [0.1, 0.15) is 18.1 Å². The highest BCUT2D eigenvalue weighted by Crippen LogP contribution is 2.51. The third-order valence-corrected chi connectivity index (χ3v) is 10.6. The largest absolute Gasteiger partial charge is 0.497 e. The Labute approximate surface area is 338 Å². The van der Waals surface area contributed by atoms with Crippen molar-refractivity contribution in [2.24, 2.45) is 11.3 Å². The van der Waals surface area contributed by atoms with E-state index >= 15 is 0 Å². The van der Waals surface area contributed by atoms with Crippen molar-refractivity contribution in [1.29, 1.82) is 0 Å². The van der Waals surface area contributed by atoms with Crippen molar-refractivity contribution in [1.82, 2.24) is 0 Å². The summed E-state index contributed by atoms with van der Waals surface area (Å²) in [5.41, 5.74) is 1.43. The quantitative estimate of drug-likeness (QED) is 0.0555. The normalized spacial score (nSPS) is 20.1. The van der Waals surface area contributed by atoms with Gasteiger partial charge >= 0.3 is 17.9 Å². The molecule has 1 heterocycles. The molecule has 12 nitrogen and oxygen atoms in total. The smallest absolute Gasteiger partial charge is 0.330 e. The van der Waals surface area contributed by atoms with E-state index in [0.717, 1.165) is 49.0 Å². The van der Waals surface area contributed by atoms with Gasteiger partial charge in [0.15, 0.2) is 5.79 Å². The summed E-state index contributed by atoms with van der Waals surface area (Å²) in [6.07, 6.45) is 5.05. The summed E-state index contributed by atoms with van der Waals surface area (Å²) in [6.45, 7) is 8.12. The van der Waals surface area contributed by atoms with Gasteiger partial charge in [0.2, 0.25) is 0 Å². The molecule has 2 aromatic rings. The van der Waals surface area contributed by atoms with Gasteiger partial charge in [0.05, 0.1) is 64.0 Å². The van der Waals surface area contributed by atoms with Crippen molar-refractivity contribution in [3.63, 3.8) is 0 Å². The molecule has 316 valence electrons. The lowest BCUT2D eigenvalue weighted by Crippen LogP contribution is -2.61. The molecule has 5 atom stereocenters. The van der Waals surface area contributed by atoms with Crippen LogP contribution < -0.4 is 4.74 Å². The topological polar surface area (TPSA) is 153 Å². The summed E-state index contributed by atoms with van der Waals surface area (Å²) in [5.74, 6) is -4.01. The Hall–Kier alpha value is -4.10. The predicted octanol–water partition coefficient (Wildman–Crippen LogP) is 8.18. The maximum Gasteiger partial charge on any atom is 0.330 e. The monoisotopic (exact) mass is 796 g/mol. The fourth-order valence-electron chi connectivity index (χ4n) is 7.27. The Kier molecular flexibility index (Phi) is 19.9.